The van der Waals surface area contributed by atoms with E-state index in [4.69, 9.17) is 0 Å². The molecule has 0 nitrogen and oxygen atoms in total. The van der Waals surface area contributed by atoms with Gasteiger partial charge in [0, 0.05) is 0 Å². The van der Waals surface area contributed by atoms with Gasteiger partial charge < -0.3 is 0 Å². The van der Waals surface area contributed by atoms with E-state index in [0.717, 1.165) is 17.8 Å². The lowest BCUT2D eigenvalue weighted by molar-refractivity contribution is 0.204. The second-order valence-electron chi connectivity index (χ2n) is 14.7. The van der Waals surface area contributed by atoms with E-state index in [2.05, 4.69) is 99.6 Å². The van der Waals surface area contributed by atoms with Crippen molar-refractivity contribution in [2.45, 2.75) is 172 Å². The van der Waals surface area contributed by atoms with Crippen molar-refractivity contribution < 1.29 is 0 Å². The van der Waals surface area contributed by atoms with E-state index in [1.807, 2.05) is 0 Å². The minimum Gasteiger partial charge on any atom is -0.0856 e. The number of unbranched alkanes of at least 4 members (excludes halogenated alkanes) is 1. The van der Waals surface area contributed by atoms with Crippen LogP contribution in [0.1, 0.15) is 172 Å². The lowest BCUT2D eigenvalue weighted by Gasteiger charge is -2.38. The van der Waals surface area contributed by atoms with Crippen LogP contribution in [0, 0.1) is 23.2 Å². The summed E-state index contributed by atoms with van der Waals surface area (Å²) in [7, 11) is 0. The van der Waals surface area contributed by atoms with E-state index in [-0.39, 0.29) is 0 Å². The van der Waals surface area contributed by atoms with Crippen LogP contribution in [-0.4, -0.2) is 0 Å². The molecule has 0 saturated heterocycles. The highest BCUT2D eigenvalue weighted by atomic mass is 14.4. The smallest absolute Gasteiger partial charge is 0.0151 e. The van der Waals surface area contributed by atoms with Gasteiger partial charge in [-0.2, -0.15) is 0 Å². The molecule has 0 saturated carbocycles. The van der Waals surface area contributed by atoms with Crippen molar-refractivity contribution in [1.82, 2.24) is 0 Å². The van der Waals surface area contributed by atoms with Gasteiger partial charge in [-0.1, -0.05) is 106 Å². The monoisotopic (exact) mass is 551 g/mol. The van der Waals surface area contributed by atoms with E-state index in [0.29, 0.717) is 5.41 Å². The van der Waals surface area contributed by atoms with Gasteiger partial charge in [-0.3, -0.25) is 0 Å². The first-order valence-corrected chi connectivity index (χ1v) is 17.2. The molecule has 40 heavy (non-hydrogen) atoms. The predicted octanol–water partition coefficient (Wildman–Crippen LogP) is 13.9. The third-order valence-electron chi connectivity index (χ3n) is 9.53. The number of hydrogen-bond donors (Lipinski definition) is 0. The molecule has 0 aromatic rings. The summed E-state index contributed by atoms with van der Waals surface area (Å²) in [6.07, 6.45) is 33.0. The van der Waals surface area contributed by atoms with Crippen molar-refractivity contribution in [1.29, 1.82) is 0 Å². The molecule has 0 aliphatic heterocycles. The molecule has 1 aliphatic carbocycles. The Balaban J connectivity index is 2.19. The first kappa shape index (κ1) is 36.7. The summed E-state index contributed by atoms with van der Waals surface area (Å²) in [5.41, 5.74) is 8.42. The van der Waals surface area contributed by atoms with Crippen LogP contribution in [0.25, 0.3) is 0 Å². The van der Waals surface area contributed by atoms with Crippen LogP contribution in [0.3, 0.4) is 0 Å². The van der Waals surface area contributed by atoms with Crippen LogP contribution < -0.4 is 0 Å². The van der Waals surface area contributed by atoms with Crippen molar-refractivity contribution in [3.63, 3.8) is 0 Å². The minimum absolute atomic E-state index is 0.465. The summed E-state index contributed by atoms with van der Waals surface area (Å²) in [4.78, 5) is 0. The Kier molecular flexibility index (Phi) is 18.9. The third-order valence-corrected chi connectivity index (χ3v) is 9.53. The van der Waals surface area contributed by atoms with E-state index < -0.39 is 0 Å². The second-order valence-corrected chi connectivity index (χ2v) is 14.7. The lowest BCUT2D eigenvalue weighted by atomic mass is 9.67. The van der Waals surface area contributed by atoms with Gasteiger partial charge in [0.1, 0.15) is 0 Å². The second kappa shape index (κ2) is 20.6. The zero-order valence-electron chi connectivity index (χ0n) is 28.9. The Labute approximate surface area is 253 Å². The topological polar surface area (TPSA) is 0 Å². The Bertz CT molecular complexity index is 837. The van der Waals surface area contributed by atoms with Crippen molar-refractivity contribution >= 4 is 0 Å². The van der Waals surface area contributed by atoms with Crippen molar-refractivity contribution in [3.05, 3.63) is 58.2 Å². The van der Waals surface area contributed by atoms with Gasteiger partial charge in [-0.25, -0.2) is 0 Å². The lowest BCUT2D eigenvalue weighted by Crippen LogP contribution is -2.27. The molecule has 1 rings (SSSR count). The maximum atomic E-state index is 2.51. The van der Waals surface area contributed by atoms with Gasteiger partial charge in [0.25, 0.3) is 0 Å². The number of rotatable bonds is 20. The molecule has 0 heteroatoms. The van der Waals surface area contributed by atoms with Gasteiger partial charge in [0.15, 0.2) is 0 Å². The van der Waals surface area contributed by atoms with Crippen molar-refractivity contribution in [2.75, 3.05) is 0 Å². The molecule has 0 N–H and O–H groups in total. The number of hydrogen-bond acceptors (Lipinski definition) is 0. The molecular weight excluding hydrogens is 480 g/mol. The van der Waals surface area contributed by atoms with Gasteiger partial charge in [-0.05, 0) is 148 Å². The average molecular weight is 551 g/mol. The molecule has 0 spiro atoms. The van der Waals surface area contributed by atoms with E-state index in [9.17, 15) is 0 Å². The molecule has 0 heterocycles. The largest absolute Gasteiger partial charge is 0.0856 e. The van der Waals surface area contributed by atoms with Crippen LogP contribution in [0.2, 0.25) is 0 Å². The van der Waals surface area contributed by atoms with Gasteiger partial charge in [0.05, 0.1) is 0 Å². The number of allylic oxidation sites excluding steroid dienone is 10. The molecule has 0 bridgehead atoms. The summed E-state index contributed by atoms with van der Waals surface area (Å²) in [6, 6.07) is 0. The van der Waals surface area contributed by atoms with E-state index in [1.54, 1.807) is 27.9 Å². The van der Waals surface area contributed by atoms with Gasteiger partial charge >= 0.3 is 0 Å². The zero-order chi connectivity index (χ0) is 30.0. The highest BCUT2D eigenvalue weighted by molar-refractivity contribution is 5.13. The van der Waals surface area contributed by atoms with Crippen LogP contribution in [0.4, 0.5) is 0 Å². The summed E-state index contributed by atoms with van der Waals surface area (Å²) in [6.45, 7) is 23.7. The maximum absolute atomic E-state index is 2.51. The Morgan fingerprint density at radius 1 is 0.725 bits per heavy atom. The standard InChI is InChI=1S/C40H70/c1-32(2)18-13-21-35(5)24-15-26-36(6)25-14-22-33(3)19-11-12-20-34(4)23-16-27-37(7)29-30-39-38(8)28-17-31-40(39,9)10/h19-20,24,27-28,32,36,39H,11-18,21-23,25-26,29-31H2,1-10H3/b33-19+,34-20+,35-24+,37-27+/t36?,39-/m1/s1. The molecule has 0 fully saturated rings. The minimum atomic E-state index is 0.465. The first-order valence-electron chi connectivity index (χ1n) is 17.2. The molecular formula is C40H70. The van der Waals surface area contributed by atoms with E-state index in [1.165, 1.54) is 103 Å². The molecule has 1 unspecified atom stereocenters. The molecule has 0 radical (unpaired) electrons. The summed E-state index contributed by atoms with van der Waals surface area (Å²) < 4.78 is 0. The summed E-state index contributed by atoms with van der Waals surface area (Å²) in [5, 5.41) is 0. The van der Waals surface area contributed by atoms with Crippen molar-refractivity contribution in [3.8, 4) is 0 Å². The summed E-state index contributed by atoms with van der Waals surface area (Å²) in [5.74, 6) is 2.44. The molecule has 0 aromatic heterocycles. The molecule has 0 amide bonds. The van der Waals surface area contributed by atoms with Crippen LogP contribution in [0.15, 0.2) is 58.2 Å². The fourth-order valence-electron chi connectivity index (χ4n) is 6.49. The quantitative estimate of drug-likeness (QED) is 0.104. The Hall–Kier alpha value is -1.30. The van der Waals surface area contributed by atoms with Crippen LogP contribution in [-0.2, 0) is 0 Å². The molecule has 1 aliphatic rings. The van der Waals surface area contributed by atoms with Gasteiger partial charge in [0.2, 0.25) is 0 Å². The highest BCUT2D eigenvalue weighted by Crippen LogP contribution is 2.43. The van der Waals surface area contributed by atoms with Crippen molar-refractivity contribution in [2.24, 2.45) is 23.2 Å². The molecule has 2 atom stereocenters. The Morgan fingerprint density at radius 3 is 1.85 bits per heavy atom. The van der Waals surface area contributed by atoms with E-state index >= 15 is 0 Å². The fraction of sp³-hybridized carbons (Fsp3) is 0.750. The normalized spacial score (nSPS) is 19.8. The van der Waals surface area contributed by atoms with Gasteiger partial charge in [-0.15, -0.1) is 0 Å². The predicted molar refractivity (Wildman–Crippen MR) is 184 cm³/mol. The summed E-state index contributed by atoms with van der Waals surface area (Å²) >= 11 is 0. The highest BCUT2D eigenvalue weighted by Gasteiger charge is 2.32. The fourth-order valence-corrected chi connectivity index (χ4v) is 6.49. The SMILES string of the molecule is CC1=CCCC(C)(C)[C@@H]1CC/C(C)=C/CC/C(C)=C/CC/C=C(\C)CCCC(C)CC/C=C(\C)CCCC(C)C. The molecule has 0 aromatic carbocycles. The molecule has 230 valence electrons. The third kappa shape index (κ3) is 17.5. The Morgan fingerprint density at radius 2 is 1.25 bits per heavy atom. The maximum Gasteiger partial charge on any atom is -0.0151 e. The average Bonchev–Trinajstić information content (AvgIpc) is 2.85. The van der Waals surface area contributed by atoms with Crippen LogP contribution >= 0.6 is 0 Å². The first-order chi connectivity index (χ1) is 18.9. The zero-order valence-corrected chi connectivity index (χ0v) is 28.9. The van der Waals surface area contributed by atoms with Crippen LogP contribution in [0.5, 0.6) is 0 Å².